The molecule has 1 aromatic carbocycles. The normalized spacial score (nSPS) is 7.73. The summed E-state index contributed by atoms with van der Waals surface area (Å²) < 4.78 is 0. The Morgan fingerprint density at radius 1 is 1.18 bits per heavy atom. The van der Waals surface area contributed by atoms with Crippen LogP contribution in [0, 0.1) is 6.92 Å². The van der Waals surface area contributed by atoms with E-state index in [1.54, 1.807) is 12.1 Å². The van der Waals surface area contributed by atoms with E-state index >= 15 is 0 Å². The van der Waals surface area contributed by atoms with E-state index in [-0.39, 0.29) is 30.6 Å². The molecule has 0 aliphatic heterocycles. The zero-order valence-corrected chi connectivity index (χ0v) is 7.71. The first kappa shape index (κ1) is 13.0. The summed E-state index contributed by atoms with van der Waals surface area (Å²) in [6, 6.07) is 4.99. The first-order chi connectivity index (χ1) is 4.18. The van der Waals surface area contributed by atoms with Gasteiger partial charge >= 0.3 is 0 Å². The van der Waals surface area contributed by atoms with Crippen LogP contribution in [0.1, 0.15) is 5.56 Å². The topological polar surface area (TPSA) is 46.2 Å². The van der Waals surface area contributed by atoms with Crippen LogP contribution in [0.15, 0.2) is 18.2 Å². The third-order valence-corrected chi connectivity index (χ3v) is 1.08. The zero-order valence-electron chi connectivity index (χ0n) is 6.07. The Balaban J connectivity index is 0. The van der Waals surface area contributed by atoms with Crippen molar-refractivity contribution >= 4 is 30.5 Å². The zero-order chi connectivity index (χ0) is 6.85. The maximum Gasteiger partial charge on any atom is 0.117 e. The van der Waals surface area contributed by atoms with Gasteiger partial charge in [-0.2, -0.15) is 0 Å². The average Bonchev–Trinajstić information content (AvgIpc) is 1.59. The second-order valence-corrected chi connectivity index (χ2v) is 2.10. The van der Waals surface area contributed by atoms with Gasteiger partial charge in [-0.25, -0.2) is 0 Å². The number of anilines is 1. The smallest absolute Gasteiger partial charge is 0.117 e. The Kier molecular flexibility index (Phi) is 6.04. The monoisotopic (exact) mass is 195 g/mol. The molecule has 0 aromatic heterocycles. The van der Waals surface area contributed by atoms with E-state index in [2.05, 4.69) is 0 Å². The van der Waals surface area contributed by atoms with Crippen molar-refractivity contribution in [1.29, 1.82) is 0 Å². The number of aryl methyl sites for hydroxylation is 1. The number of nitrogens with two attached hydrogens (primary N) is 1. The van der Waals surface area contributed by atoms with E-state index in [1.165, 1.54) is 6.07 Å². The molecule has 0 bridgehead atoms. The summed E-state index contributed by atoms with van der Waals surface area (Å²) in [5.74, 6) is 0.229. The van der Waals surface area contributed by atoms with Gasteiger partial charge in [0.1, 0.15) is 5.75 Å². The second kappa shape index (κ2) is 5.10. The van der Waals surface area contributed by atoms with Gasteiger partial charge in [0.05, 0.1) is 0 Å². The largest absolute Gasteiger partial charge is 0.508 e. The van der Waals surface area contributed by atoms with E-state index in [9.17, 15) is 0 Å². The van der Waals surface area contributed by atoms with Crippen LogP contribution in [0.5, 0.6) is 5.75 Å². The lowest BCUT2D eigenvalue weighted by Crippen LogP contribution is -1.83. The molecule has 0 aliphatic carbocycles. The highest BCUT2D eigenvalue weighted by molar-refractivity contribution is 5.85. The van der Waals surface area contributed by atoms with Gasteiger partial charge in [-0.05, 0) is 24.6 Å². The van der Waals surface area contributed by atoms with Crippen LogP contribution in [0.2, 0.25) is 0 Å². The quantitative estimate of drug-likeness (QED) is 0.624. The molecule has 1 rings (SSSR count). The van der Waals surface area contributed by atoms with E-state index in [1.807, 2.05) is 6.92 Å². The molecule has 0 aliphatic rings. The number of aromatic hydroxyl groups is 1. The van der Waals surface area contributed by atoms with Crippen molar-refractivity contribution in [3.63, 3.8) is 0 Å². The Hall–Kier alpha value is -0.600. The number of rotatable bonds is 0. The molecule has 11 heavy (non-hydrogen) atoms. The van der Waals surface area contributed by atoms with Gasteiger partial charge in [-0.3, -0.25) is 0 Å². The molecule has 0 saturated carbocycles. The lowest BCUT2D eigenvalue weighted by Gasteiger charge is -1.96. The van der Waals surface area contributed by atoms with Crippen LogP contribution in [0.25, 0.3) is 0 Å². The maximum atomic E-state index is 8.91. The second-order valence-electron chi connectivity index (χ2n) is 2.10. The molecular formula is C7H11Cl2NO. The highest BCUT2D eigenvalue weighted by atomic mass is 35.5. The molecular weight excluding hydrogens is 185 g/mol. The summed E-state index contributed by atoms with van der Waals surface area (Å²) in [5.41, 5.74) is 6.98. The summed E-state index contributed by atoms with van der Waals surface area (Å²) in [5, 5.41) is 8.91. The first-order valence-corrected chi connectivity index (χ1v) is 2.74. The van der Waals surface area contributed by atoms with Crippen molar-refractivity contribution in [2.24, 2.45) is 0 Å². The van der Waals surface area contributed by atoms with Gasteiger partial charge in [0.25, 0.3) is 0 Å². The minimum Gasteiger partial charge on any atom is -0.508 e. The third kappa shape index (κ3) is 3.96. The van der Waals surface area contributed by atoms with E-state index in [0.717, 1.165) is 5.56 Å². The van der Waals surface area contributed by atoms with Crippen LogP contribution >= 0.6 is 24.8 Å². The fraction of sp³-hybridized carbons (Fsp3) is 0.143. The standard InChI is InChI=1S/C7H9NO.2ClH/c1-5-2-6(8)4-7(9)3-5;;/h2-4,9H,8H2,1H3;2*1H. The van der Waals surface area contributed by atoms with Gasteiger partial charge in [0.2, 0.25) is 0 Å². The maximum absolute atomic E-state index is 8.91. The summed E-state index contributed by atoms with van der Waals surface area (Å²) >= 11 is 0. The summed E-state index contributed by atoms with van der Waals surface area (Å²) in [6.45, 7) is 1.88. The predicted molar refractivity (Wildman–Crippen MR) is 51.8 cm³/mol. The summed E-state index contributed by atoms with van der Waals surface area (Å²) in [4.78, 5) is 0. The molecule has 4 heteroatoms. The fourth-order valence-electron chi connectivity index (χ4n) is 0.792. The molecule has 1 aromatic rings. The van der Waals surface area contributed by atoms with Crippen molar-refractivity contribution in [1.82, 2.24) is 0 Å². The molecule has 64 valence electrons. The van der Waals surface area contributed by atoms with Gasteiger partial charge < -0.3 is 10.8 Å². The number of hydrogen-bond donors (Lipinski definition) is 2. The molecule has 0 saturated heterocycles. The van der Waals surface area contributed by atoms with Crippen LogP contribution < -0.4 is 5.73 Å². The highest BCUT2D eigenvalue weighted by Gasteiger charge is 1.90. The van der Waals surface area contributed by atoms with E-state index < -0.39 is 0 Å². The van der Waals surface area contributed by atoms with Crippen LogP contribution in [-0.4, -0.2) is 5.11 Å². The minimum atomic E-state index is 0. The first-order valence-electron chi connectivity index (χ1n) is 2.74. The van der Waals surface area contributed by atoms with Crippen LogP contribution in [0.4, 0.5) is 5.69 Å². The van der Waals surface area contributed by atoms with Crippen LogP contribution in [-0.2, 0) is 0 Å². The number of phenols is 1. The predicted octanol–water partition coefficient (Wildman–Crippen LogP) is 2.13. The number of hydrogen-bond acceptors (Lipinski definition) is 2. The molecule has 0 fully saturated rings. The third-order valence-electron chi connectivity index (χ3n) is 1.08. The van der Waals surface area contributed by atoms with Gasteiger partial charge in [0.15, 0.2) is 0 Å². The Morgan fingerprint density at radius 3 is 2.09 bits per heavy atom. The van der Waals surface area contributed by atoms with Gasteiger partial charge in [-0.15, -0.1) is 24.8 Å². The lowest BCUT2D eigenvalue weighted by molar-refractivity contribution is 0.475. The summed E-state index contributed by atoms with van der Waals surface area (Å²) in [7, 11) is 0. The number of halogens is 2. The molecule has 0 unspecified atom stereocenters. The van der Waals surface area contributed by atoms with E-state index in [0.29, 0.717) is 5.69 Å². The van der Waals surface area contributed by atoms with Crippen molar-refractivity contribution in [2.75, 3.05) is 5.73 Å². The molecule has 0 spiro atoms. The Labute approximate surface area is 78.2 Å². The fourth-order valence-corrected chi connectivity index (χ4v) is 0.792. The Morgan fingerprint density at radius 2 is 1.73 bits per heavy atom. The lowest BCUT2D eigenvalue weighted by atomic mass is 10.2. The molecule has 0 heterocycles. The van der Waals surface area contributed by atoms with E-state index in [4.69, 9.17) is 10.8 Å². The van der Waals surface area contributed by atoms with Crippen molar-refractivity contribution in [3.8, 4) is 5.75 Å². The van der Waals surface area contributed by atoms with Crippen LogP contribution in [0.3, 0.4) is 0 Å². The molecule has 3 N–H and O–H groups in total. The van der Waals surface area contributed by atoms with Crippen molar-refractivity contribution < 1.29 is 5.11 Å². The van der Waals surface area contributed by atoms with Gasteiger partial charge in [0, 0.05) is 11.8 Å². The number of benzene rings is 1. The molecule has 0 radical (unpaired) electrons. The average molecular weight is 196 g/mol. The molecule has 0 atom stereocenters. The molecule has 0 amide bonds. The van der Waals surface area contributed by atoms with Gasteiger partial charge in [-0.1, -0.05) is 0 Å². The van der Waals surface area contributed by atoms with Crippen molar-refractivity contribution in [2.45, 2.75) is 6.92 Å². The number of nitrogen functional groups attached to an aromatic ring is 1. The van der Waals surface area contributed by atoms with Crippen molar-refractivity contribution in [3.05, 3.63) is 23.8 Å². The highest BCUT2D eigenvalue weighted by Crippen LogP contribution is 2.15. The Bertz CT molecular complexity index is 177. The minimum absolute atomic E-state index is 0. The summed E-state index contributed by atoms with van der Waals surface area (Å²) in [6.07, 6.45) is 0. The molecule has 2 nitrogen and oxygen atoms in total. The number of phenolic OH excluding ortho intramolecular Hbond substituents is 1. The SMILES string of the molecule is Cc1cc(N)cc(O)c1.Cl.Cl.